The first-order valence-corrected chi connectivity index (χ1v) is 7.46. The van der Waals surface area contributed by atoms with Crippen LogP contribution >= 0.6 is 0 Å². The monoisotopic (exact) mass is 297 g/mol. The number of allylic oxidation sites excluding steroid dienone is 1. The molecule has 0 unspecified atom stereocenters. The van der Waals surface area contributed by atoms with E-state index in [2.05, 4.69) is 20.4 Å². The molecule has 5 nitrogen and oxygen atoms in total. The predicted molar refractivity (Wildman–Crippen MR) is 80.7 cm³/mol. The maximum atomic E-state index is 12.3. The van der Waals surface area contributed by atoms with Crippen LogP contribution < -0.4 is 0 Å². The third kappa shape index (κ3) is 5.87. The van der Waals surface area contributed by atoms with Crippen LogP contribution in [-0.2, 0) is 19.1 Å². The molecule has 0 saturated carbocycles. The van der Waals surface area contributed by atoms with E-state index < -0.39 is 0 Å². The molecule has 1 amide bonds. The molecule has 1 fully saturated rings. The molecule has 0 aromatic rings. The van der Waals surface area contributed by atoms with E-state index in [1.54, 1.807) is 4.90 Å². The first kappa shape index (κ1) is 17.7. The summed E-state index contributed by atoms with van der Waals surface area (Å²) >= 11 is 0. The van der Waals surface area contributed by atoms with Gasteiger partial charge in [0.25, 0.3) is 0 Å². The van der Waals surface area contributed by atoms with Crippen molar-refractivity contribution in [1.82, 2.24) is 4.90 Å². The van der Waals surface area contributed by atoms with Gasteiger partial charge in [0.2, 0.25) is 5.91 Å². The van der Waals surface area contributed by atoms with E-state index in [9.17, 15) is 9.59 Å². The topological polar surface area (TPSA) is 55.8 Å². The molecule has 1 aliphatic heterocycles. The average molecular weight is 297 g/mol. The second-order valence-corrected chi connectivity index (χ2v) is 6.15. The van der Waals surface area contributed by atoms with Gasteiger partial charge >= 0.3 is 5.97 Å². The number of hydrogen-bond acceptors (Lipinski definition) is 4. The Labute approximate surface area is 127 Å². The zero-order chi connectivity index (χ0) is 15.9. The molecule has 0 spiro atoms. The van der Waals surface area contributed by atoms with E-state index in [1.807, 2.05) is 6.08 Å². The minimum absolute atomic E-state index is 0.00473. The van der Waals surface area contributed by atoms with Gasteiger partial charge in [-0.1, -0.05) is 19.9 Å². The van der Waals surface area contributed by atoms with Crippen LogP contribution in [-0.4, -0.2) is 50.2 Å². The van der Waals surface area contributed by atoms with Crippen molar-refractivity contribution in [2.24, 2.45) is 11.3 Å². The Morgan fingerprint density at radius 1 is 1.38 bits per heavy atom. The van der Waals surface area contributed by atoms with Crippen molar-refractivity contribution in [2.75, 3.05) is 33.4 Å². The number of carbonyl (C=O) groups excluding carboxylic acids is 2. The number of morpholine rings is 1. The third-order valence-electron chi connectivity index (χ3n) is 4.01. The van der Waals surface area contributed by atoms with E-state index in [1.165, 1.54) is 7.11 Å². The number of rotatable bonds is 7. The molecule has 0 radical (unpaired) electrons. The van der Waals surface area contributed by atoms with E-state index in [4.69, 9.17) is 9.47 Å². The molecule has 120 valence electrons. The van der Waals surface area contributed by atoms with Crippen LogP contribution in [0.5, 0.6) is 0 Å². The highest BCUT2D eigenvalue weighted by molar-refractivity contribution is 5.83. The zero-order valence-corrected chi connectivity index (χ0v) is 13.4. The van der Waals surface area contributed by atoms with Crippen LogP contribution in [0.3, 0.4) is 0 Å². The van der Waals surface area contributed by atoms with Gasteiger partial charge in [-0.25, -0.2) is 0 Å². The lowest BCUT2D eigenvalue weighted by molar-refractivity contribution is -0.150. The van der Waals surface area contributed by atoms with Gasteiger partial charge in [-0.15, -0.1) is 6.58 Å². The largest absolute Gasteiger partial charge is 0.469 e. The predicted octanol–water partition coefficient (Wildman–Crippen LogP) is 2.02. The molecule has 1 rings (SSSR count). The second-order valence-electron chi connectivity index (χ2n) is 6.15. The molecule has 21 heavy (non-hydrogen) atoms. The molecule has 0 aliphatic carbocycles. The lowest BCUT2D eigenvalue weighted by atomic mass is 9.84. The smallest absolute Gasteiger partial charge is 0.309 e. The minimum Gasteiger partial charge on any atom is -0.469 e. The van der Waals surface area contributed by atoms with Crippen molar-refractivity contribution < 1.29 is 19.1 Å². The molecule has 1 heterocycles. The average Bonchev–Trinajstić information content (AvgIpc) is 2.51. The maximum Gasteiger partial charge on any atom is 0.309 e. The van der Waals surface area contributed by atoms with Crippen molar-refractivity contribution in [3.63, 3.8) is 0 Å². The van der Waals surface area contributed by atoms with Crippen LogP contribution in [0.15, 0.2) is 12.7 Å². The lowest BCUT2D eigenvalue weighted by Gasteiger charge is -2.28. The van der Waals surface area contributed by atoms with Gasteiger partial charge in [0.1, 0.15) is 0 Å². The summed E-state index contributed by atoms with van der Waals surface area (Å²) < 4.78 is 10.1. The minimum atomic E-state index is -0.385. The Balaban J connectivity index is 2.58. The highest BCUT2D eigenvalue weighted by atomic mass is 16.5. The van der Waals surface area contributed by atoms with Crippen molar-refractivity contribution in [2.45, 2.75) is 33.1 Å². The highest BCUT2D eigenvalue weighted by Crippen LogP contribution is 2.27. The van der Waals surface area contributed by atoms with E-state index in [0.29, 0.717) is 32.7 Å². The Morgan fingerprint density at radius 3 is 2.52 bits per heavy atom. The molecule has 0 bridgehead atoms. The van der Waals surface area contributed by atoms with Gasteiger partial charge in [0, 0.05) is 19.5 Å². The normalized spacial score (nSPS) is 17.2. The van der Waals surface area contributed by atoms with E-state index in [-0.39, 0.29) is 29.6 Å². The van der Waals surface area contributed by atoms with Crippen molar-refractivity contribution in [3.05, 3.63) is 12.7 Å². The molecular formula is C16H27NO4. The van der Waals surface area contributed by atoms with Gasteiger partial charge < -0.3 is 14.4 Å². The summed E-state index contributed by atoms with van der Waals surface area (Å²) in [6, 6.07) is 0. The quantitative estimate of drug-likeness (QED) is 0.533. The fourth-order valence-corrected chi connectivity index (χ4v) is 2.27. The van der Waals surface area contributed by atoms with Crippen LogP contribution in [0.25, 0.3) is 0 Å². The fraction of sp³-hybridized carbons (Fsp3) is 0.750. The van der Waals surface area contributed by atoms with Crippen molar-refractivity contribution in [1.29, 1.82) is 0 Å². The number of ether oxygens (including phenoxy) is 2. The summed E-state index contributed by atoms with van der Waals surface area (Å²) in [5.41, 5.74) is -0.0473. The summed E-state index contributed by atoms with van der Waals surface area (Å²) in [5.74, 6) is -0.689. The number of hydrogen-bond donors (Lipinski definition) is 0. The maximum absolute atomic E-state index is 12.3. The number of carbonyl (C=O) groups is 2. The van der Waals surface area contributed by atoms with Crippen molar-refractivity contribution in [3.8, 4) is 0 Å². The fourth-order valence-electron chi connectivity index (χ4n) is 2.27. The molecule has 0 aromatic carbocycles. The molecule has 0 N–H and O–H groups in total. The van der Waals surface area contributed by atoms with E-state index in [0.717, 1.165) is 6.42 Å². The van der Waals surface area contributed by atoms with Gasteiger partial charge in [-0.3, -0.25) is 9.59 Å². The standard InChI is InChI=1S/C16H27NO4/c1-5-16(2,3)7-6-13(15(19)20-4)12-14(18)17-8-10-21-11-9-17/h5,13H,1,6-12H2,2-4H3/t13-/m1/s1. The number of methoxy groups -OCH3 is 1. The zero-order valence-electron chi connectivity index (χ0n) is 13.4. The number of nitrogens with zero attached hydrogens (tertiary/aromatic N) is 1. The Hall–Kier alpha value is -1.36. The summed E-state index contributed by atoms with van der Waals surface area (Å²) in [7, 11) is 1.37. The first-order chi connectivity index (χ1) is 9.89. The van der Waals surface area contributed by atoms with Gasteiger partial charge in [-0.05, 0) is 18.3 Å². The van der Waals surface area contributed by atoms with E-state index >= 15 is 0 Å². The molecule has 5 heteroatoms. The Kier molecular flexibility index (Phi) is 6.89. The van der Waals surface area contributed by atoms with Crippen LogP contribution in [0.4, 0.5) is 0 Å². The van der Waals surface area contributed by atoms with Gasteiger partial charge in [-0.2, -0.15) is 0 Å². The Bertz CT molecular complexity index is 372. The van der Waals surface area contributed by atoms with Crippen LogP contribution in [0.2, 0.25) is 0 Å². The number of esters is 1. The molecule has 1 aliphatic rings. The number of amides is 1. The molecule has 1 saturated heterocycles. The highest BCUT2D eigenvalue weighted by Gasteiger charge is 2.28. The van der Waals surface area contributed by atoms with Crippen molar-refractivity contribution >= 4 is 11.9 Å². The molecule has 1 atom stereocenters. The van der Waals surface area contributed by atoms with Gasteiger partial charge in [0.15, 0.2) is 0 Å². The Morgan fingerprint density at radius 2 is 2.00 bits per heavy atom. The summed E-state index contributed by atoms with van der Waals surface area (Å²) in [6.45, 7) is 10.3. The second kappa shape index (κ2) is 8.17. The third-order valence-corrected chi connectivity index (χ3v) is 4.01. The SMILES string of the molecule is C=CC(C)(C)CC[C@H](CC(=O)N1CCOCC1)C(=O)OC. The lowest BCUT2D eigenvalue weighted by Crippen LogP contribution is -2.42. The first-order valence-electron chi connectivity index (χ1n) is 7.46. The van der Waals surface area contributed by atoms with Gasteiger partial charge in [0.05, 0.1) is 26.2 Å². The molecular weight excluding hydrogens is 270 g/mol. The summed E-state index contributed by atoms with van der Waals surface area (Å²) in [6.07, 6.45) is 3.51. The van der Waals surface area contributed by atoms with Crippen LogP contribution in [0, 0.1) is 11.3 Å². The summed E-state index contributed by atoms with van der Waals surface area (Å²) in [5, 5.41) is 0. The summed E-state index contributed by atoms with van der Waals surface area (Å²) in [4.78, 5) is 25.9. The van der Waals surface area contributed by atoms with Crippen LogP contribution in [0.1, 0.15) is 33.1 Å². The molecule has 0 aromatic heterocycles.